The van der Waals surface area contributed by atoms with Crippen molar-refractivity contribution in [2.45, 2.75) is 4.90 Å². The fourth-order valence-electron chi connectivity index (χ4n) is 1.85. The van der Waals surface area contributed by atoms with Gasteiger partial charge in [-0.2, -0.15) is 0 Å². The van der Waals surface area contributed by atoms with Crippen LogP contribution in [0.5, 0.6) is 0 Å². The molecular weight excluding hydrogens is 350 g/mol. The summed E-state index contributed by atoms with van der Waals surface area (Å²) in [6.45, 7) is 0.265. The van der Waals surface area contributed by atoms with Crippen LogP contribution in [0.2, 0.25) is 0 Å². The van der Waals surface area contributed by atoms with Gasteiger partial charge in [-0.1, -0.05) is 12.1 Å². The molecule has 0 aliphatic heterocycles. The highest BCUT2D eigenvalue weighted by Crippen LogP contribution is 2.24. The first-order valence-corrected chi connectivity index (χ1v) is 8.36. The van der Waals surface area contributed by atoms with Gasteiger partial charge in [0.25, 0.3) is 0 Å². The highest BCUT2D eigenvalue weighted by molar-refractivity contribution is 9.10. The number of nitrogens with zero attached hydrogens (tertiary/aromatic N) is 2. The zero-order valence-corrected chi connectivity index (χ0v) is 14.2. The number of halogens is 1. The normalized spacial score (nSPS) is 10.2. The van der Waals surface area contributed by atoms with Crippen molar-refractivity contribution in [1.82, 2.24) is 4.98 Å². The lowest BCUT2D eigenvalue weighted by molar-refractivity contribution is -0.114. The fourth-order valence-corrected chi connectivity index (χ4v) is 2.76. The van der Waals surface area contributed by atoms with Crippen LogP contribution < -0.4 is 10.2 Å². The maximum atomic E-state index is 12.2. The summed E-state index contributed by atoms with van der Waals surface area (Å²) in [7, 11) is 1.86. The van der Waals surface area contributed by atoms with Crippen molar-refractivity contribution in [3.63, 3.8) is 0 Å². The minimum absolute atomic E-state index is 0.0565. The first-order chi connectivity index (χ1) is 10.1. The molecule has 6 heteroatoms. The Kier molecular flexibility index (Phi) is 5.64. The van der Waals surface area contributed by atoms with E-state index in [-0.39, 0.29) is 12.5 Å². The average Bonchev–Trinajstić information content (AvgIpc) is 2.47. The Morgan fingerprint density at radius 1 is 1.38 bits per heavy atom. The molecule has 0 unspecified atom stereocenters. The van der Waals surface area contributed by atoms with Gasteiger partial charge in [0, 0.05) is 22.6 Å². The average molecular weight is 366 g/mol. The minimum Gasteiger partial charge on any atom is -0.364 e. The van der Waals surface area contributed by atoms with Crippen molar-refractivity contribution in [2.24, 2.45) is 0 Å². The lowest BCUT2D eigenvalue weighted by atomic mass is 10.3. The predicted octanol–water partition coefficient (Wildman–Crippen LogP) is 3.64. The second kappa shape index (κ2) is 7.47. The number of pyridine rings is 1. The summed E-state index contributed by atoms with van der Waals surface area (Å²) >= 11 is 4.99. The number of likely N-dealkylation sites (N-methyl/N-ethyl adjacent to an activating group) is 1. The molecule has 1 aromatic heterocycles. The molecule has 2 aromatic rings. The molecule has 0 atom stereocenters. The Balaban J connectivity index is 2.01. The molecule has 0 bridgehead atoms. The van der Waals surface area contributed by atoms with Crippen molar-refractivity contribution >= 4 is 45.0 Å². The van der Waals surface area contributed by atoms with E-state index in [1.807, 2.05) is 48.5 Å². The van der Waals surface area contributed by atoms with Gasteiger partial charge in [-0.3, -0.25) is 9.78 Å². The topological polar surface area (TPSA) is 45.2 Å². The van der Waals surface area contributed by atoms with Crippen LogP contribution in [0.1, 0.15) is 0 Å². The van der Waals surface area contributed by atoms with Crippen LogP contribution >= 0.6 is 27.7 Å². The van der Waals surface area contributed by atoms with E-state index in [4.69, 9.17) is 0 Å². The van der Waals surface area contributed by atoms with Gasteiger partial charge in [-0.25, -0.2) is 0 Å². The Morgan fingerprint density at radius 2 is 2.14 bits per heavy atom. The van der Waals surface area contributed by atoms with Gasteiger partial charge in [-0.15, -0.1) is 11.8 Å². The van der Waals surface area contributed by atoms with Gasteiger partial charge >= 0.3 is 0 Å². The number of thioether (sulfide) groups is 1. The molecule has 1 N–H and O–H groups in total. The maximum Gasteiger partial charge on any atom is 0.243 e. The number of amides is 1. The number of nitrogens with one attached hydrogen (secondary N) is 1. The number of hydrogen-bond donors (Lipinski definition) is 1. The monoisotopic (exact) mass is 365 g/mol. The van der Waals surface area contributed by atoms with Crippen molar-refractivity contribution in [1.29, 1.82) is 0 Å². The zero-order valence-electron chi connectivity index (χ0n) is 11.8. The molecule has 0 spiro atoms. The molecule has 1 aromatic carbocycles. The van der Waals surface area contributed by atoms with Gasteiger partial charge < -0.3 is 10.2 Å². The van der Waals surface area contributed by atoms with E-state index >= 15 is 0 Å². The molecule has 4 nitrogen and oxygen atoms in total. The molecule has 1 heterocycles. The van der Waals surface area contributed by atoms with Crippen molar-refractivity contribution in [3.8, 4) is 0 Å². The van der Waals surface area contributed by atoms with Gasteiger partial charge in [0.2, 0.25) is 5.91 Å². The van der Waals surface area contributed by atoms with Crippen LogP contribution in [0.15, 0.2) is 52.1 Å². The maximum absolute atomic E-state index is 12.2. The first kappa shape index (κ1) is 15.9. The van der Waals surface area contributed by atoms with Crippen LogP contribution in [0, 0.1) is 0 Å². The Morgan fingerprint density at radius 3 is 2.86 bits per heavy atom. The van der Waals surface area contributed by atoms with E-state index in [9.17, 15) is 4.79 Å². The van der Waals surface area contributed by atoms with Crippen molar-refractivity contribution < 1.29 is 4.79 Å². The summed E-state index contributed by atoms with van der Waals surface area (Å²) in [6, 6.07) is 9.70. The van der Waals surface area contributed by atoms with E-state index in [0.717, 1.165) is 20.7 Å². The Bertz CT molecular complexity index is 636. The van der Waals surface area contributed by atoms with Crippen LogP contribution in [0.4, 0.5) is 11.4 Å². The molecule has 0 saturated carbocycles. The van der Waals surface area contributed by atoms with Crippen LogP contribution in [0.25, 0.3) is 0 Å². The third kappa shape index (κ3) is 4.47. The number of rotatable bonds is 5. The number of para-hydroxylation sites is 1. The van der Waals surface area contributed by atoms with E-state index in [2.05, 4.69) is 26.2 Å². The summed E-state index contributed by atoms with van der Waals surface area (Å²) in [5, 5.41) is 2.94. The summed E-state index contributed by atoms with van der Waals surface area (Å²) in [4.78, 5) is 19.2. The van der Waals surface area contributed by atoms with E-state index in [1.165, 1.54) is 0 Å². The van der Waals surface area contributed by atoms with Crippen molar-refractivity contribution in [3.05, 3.63) is 47.2 Å². The number of aromatic nitrogens is 1. The van der Waals surface area contributed by atoms with Crippen molar-refractivity contribution in [2.75, 3.05) is 30.1 Å². The third-order valence-electron chi connectivity index (χ3n) is 2.89. The van der Waals surface area contributed by atoms with Crippen LogP contribution in [-0.4, -0.2) is 30.7 Å². The quantitative estimate of drug-likeness (QED) is 0.821. The number of hydrogen-bond acceptors (Lipinski definition) is 4. The minimum atomic E-state index is -0.0565. The molecule has 21 heavy (non-hydrogen) atoms. The highest BCUT2D eigenvalue weighted by Gasteiger charge is 2.10. The summed E-state index contributed by atoms with van der Waals surface area (Å²) in [6.07, 6.45) is 5.43. The second-order valence-electron chi connectivity index (χ2n) is 4.47. The smallest absolute Gasteiger partial charge is 0.243 e. The summed E-state index contributed by atoms with van der Waals surface area (Å²) in [5.74, 6) is -0.0565. The second-order valence-corrected chi connectivity index (χ2v) is 6.23. The van der Waals surface area contributed by atoms with Gasteiger partial charge in [0.1, 0.15) is 0 Å². The summed E-state index contributed by atoms with van der Waals surface area (Å²) in [5.41, 5.74) is 1.73. The number of carbonyl (C=O) groups excluding carboxylic acids is 1. The third-order valence-corrected chi connectivity index (χ3v) is 4.12. The van der Waals surface area contributed by atoms with E-state index in [0.29, 0.717) is 0 Å². The molecule has 1 amide bonds. The van der Waals surface area contributed by atoms with E-state index < -0.39 is 0 Å². The molecule has 110 valence electrons. The van der Waals surface area contributed by atoms with Crippen LogP contribution in [-0.2, 0) is 4.79 Å². The van der Waals surface area contributed by atoms with Crippen LogP contribution in [0.3, 0.4) is 0 Å². The highest BCUT2D eigenvalue weighted by atomic mass is 79.9. The van der Waals surface area contributed by atoms with E-state index in [1.54, 1.807) is 24.2 Å². The lowest BCUT2D eigenvalue weighted by Crippen LogP contribution is -2.30. The molecule has 2 rings (SSSR count). The fraction of sp³-hybridized carbons (Fsp3) is 0.200. The molecule has 0 fully saturated rings. The molecule has 0 aliphatic carbocycles. The lowest BCUT2D eigenvalue weighted by Gasteiger charge is -2.19. The first-order valence-electron chi connectivity index (χ1n) is 6.34. The standard InChI is InChI=1S/C15H16BrN3OS/c1-19(12-7-11(16)8-17-9-12)10-15(20)18-13-5-3-4-6-14(13)21-2/h3-9H,10H2,1-2H3,(H,18,20). The molecule has 0 aliphatic rings. The number of benzene rings is 1. The molecular formula is C15H16BrN3OS. The van der Waals surface area contributed by atoms with Gasteiger partial charge in [0.15, 0.2) is 0 Å². The largest absolute Gasteiger partial charge is 0.364 e. The molecule has 0 radical (unpaired) electrons. The van der Waals surface area contributed by atoms with Gasteiger partial charge in [0.05, 0.1) is 24.1 Å². The van der Waals surface area contributed by atoms with Gasteiger partial charge in [-0.05, 0) is 40.4 Å². The zero-order chi connectivity index (χ0) is 15.2. The molecule has 0 saturated heterocycles. The Labute approximate surface area is 137 Å². The number of anilines is 2. The Hall–Kier alpha value is -1.53. The SMILES string of the molecule is CSc1ccccc1NC(=O)CN(C)c1cncc(Br)c1. The summed E-state index contributed by atoms with van der Waals surface area (Å²) < 4.78 is 0.889. The number of carbonyl (C=O) groups is 1. The predicted molar refractivity (Wildman–Crippen MR) is 92.1 cm³/mol.